The highest BCUT2D eigenvalue weighted by Gasteiger charge is 2.34. The van der Waals surface area contributed by atoms with Crippen LogP contribution in [0.4, 0.5) is 5.69 Å². The van der Waals surface area contributed by atoms with Crippen molar-refractivity contribution in [1.82, 2.24) is 19.3 Å². The minimum atomic E-state index is -3.51. The lowest BCUT2D eigenvalue weighted by Crippen LogP contribution is -2.44. The van der Waals surface area contributed by atoms with Crippen LogP contribution in [0, 0.1) is 12.8 Å². The monoisotopic (exact) mass is 509 g/mol. The van der Waals surface area contributed by atoms with Crippen molar-refractivity contribution < 1.29 is 17.7 Å². The molecule has 2 aromatic carbocycles. The van der Waals surface area contributed by atoms with Crippen LogP contribution < -0.4 is 4.90 Å². The number of amides is 1. The van der Waals surface area contributed by atoms with E-state index >= 15 is 0 Å². The summed E-state index contributed by atoms with van der Waals surface area (Å²) in [5, 5.41) is 4.14. The van der Waals surface area contributed by atoms with E-state index in [1.165, 1.54) is 18.4 Å². The molecule has 2 aliphatic rings. The van der Waals surface area contributed by atoms with E-state index in [0.29, 0.717) is 37.8 Å². The largest absolute Gasteiger partial charge is 0.338 e. The molecule has 1 fully saturated rings. The van der Waals surface area contributed by atoms with Crippen LogP contribution in [0.25, 0.3) is 11.4 Å². The summed E-state index contributed by atoms with van der Waals surface area (Å²) in [5.41, 5.74) is 3.77. The number of rotatable bonds is 6. The highest BCUT2D eigenvalue weighted by Crippen LogP contribution is 2.33. The molecule has 1 atom stereocenters. The smallest absolute Gasteiger partial charge is 0.242 e. The van der Waals surface area contributed by atoms with E-state index in [0.717, 1.165) is 41.8 Å². The third-order valence-electron chi connectivity index (χ3n) is 6.95. The molecular formula is C26H31N5O4S. The van der Waals surface area contributed by atoms with Gasteiger partial charge in [0.05, 0.1) is 17.4 Å². The quantitative estimate of drug-likeness (QED) is 0.503. The van der Waals surface area contributed by atoms with E-state index < -0.39 is 10.0 Å². The number of sulfonamides is 1. The first-order chi connectivity index (χ1) is 17.2. The first-order valence-electron chi connectivity index (χ1n) is 12.2. The molecule has 0 N–H and O–H groups in total. The molecule has 10 heteroatoms. The van der Waals surface area contributed by atoms with E-state index in [2.05, 4.69) is 15.0 Å². The minimum absolute atomic E-state index is 0.0904. The van der Waals surface area contributed by atoms with Gasteiger partial charge in [0, 0.05) is 38.4 Å². The number of benzene rings is 2. The number of hydrogen-bond acceptors (Lipinski definition) is 7. The molecule has 9 nitrogen and oxygen atoms in total. The van der Waals surface area contributed by atoms with E-state index in [1.54, 1.807) is 18.2 Å². The molecule has 5 rings (SSSR count). The molecule has 0 radical (unpaired) electrons. The van der Waals surface area contributed by atoms with Gasteiger partial charge >= 0.3 is 0 Å². The van der Waals surface area contributed by atoms with Crippen LogP contribution in [-0.4, -0.2) is 67.4 Å². The number of carbonyl (C=O) groups is 1. The number of aryl methyl sites for hydroxylation is 1. The van der Waals surface area contributed by atoms with Crippen LogP contribution in [0.5, 0.6) is 0 Å². The Morgan fingerprint density at radius 2 is 2.00 bits per heavy atom. The summed E-state index contributed by atoms with van der Waals surface area (Å²) in [6, 6.07) is 13.0. The van der Waals surface area contributed by atoms with Gasteiger partial charge in [0.15, 0.2) is 0 Å². The van der Waals surface area contributed by atoms with Crippen molar-refractivity contribution in [2.75, 3.05) is 38.6 Å². The van der Waals surface area contributed by atoms with E-state index in [9.17, 15) is 13.2 Å². The van der Waals surface area contributed by atoms with Crippen LogP contribution in [0.3, 0.4) is 0 Å². The summed E-state index contributed by atoms with van der Waals surface area (Å²) >= 11 is 0. The fourth-order valence-electron chi connectivity index (χ4n) is 5.01. The molecule has 0 saturated carbocycles. The Hall–Kier alpha value is -3.08. The zero-order chi connectivity index (χ0) is 25.4. The minimum Gasteiger partial charge on any atom is -0.338 e. The van der Waals surface area contributed by atoms with Gasteiger partial charge in [0.1, 0.15) is 0 Å². The molecule has 1 saturated heterocycles. The SMILES string of the molecule is Cc1cccc(-c2noc(CN3CCCC(C(=O)N4CCc5cc(S(=O)(=O)N(C)C)ccc54)C3)n2)c1. The van der Waals surface area contributed by atoms with Gasteiger partial charge in [-0.1, -0.05) is 28.9 Å². The van der Waals surface area contributed by atoms with Gasteiger partial charge in [-0.2, -0.15) is 4.98 Å². The molecule has 2 aliphatic heterocycles. The second-order valence-electron chi connectivity index (χ2n) is 9.77. The molecule has 0 aliphatic carbocycles. The van der Waals surface area contributed by atoms with Crippen molar-refractivity contribution in [3.63, 3.8) is 0 Å². The highest BCUT2D eigenvalue weighted by molar-refractivity contribution is 7.89. The lowest BCUT2D eigenvalue weighted by atomic mass is 9.96. The topological polar surface area (TPSA) is 99.8 Å². The van der Waals surface area contributed by atoms with Crippen LogP contribution in [0.15, 0.2) is 51.9 Å². The second kappa shape index (κ2) is 9.76. The summed E-state index contributed by atoms with van der Waals surface area (Å²) in [6.07, 6.45) is 2.39. The molecule has 1 aromatic heterocycles. The fraction of sp³-hybridized carbons (Fsp3) is 0.423. The number of carbonyl (C=O) groups excluding carboxylic acids is 1. The van der Waals surface area contributed by atoms with Crippen molar-refractivity contribution in [1.29, 1.82) is 0 Å². The molecule has 0 spiro atoms. The number of aromatic nitrogens is 2. The Kier molecular flexibility index (Phi) is 6.67. The fourth-order valence-corrected chi connectivity index (χ4v) is 5.96. The maximum atomic E-state index is 13.5. The van der Waals surface area contributed by atoms with Crippen molar-refractivity contribution in [2.24, 2.45) is 5.92 Å². The Balaban J connectivity index is 1.26. The third-order valence-corrected chi connectivity index (χ3v) is 8.76. The maximum Gasteiger partial charge on any atom is 0.242 e. The van der Waals surface area contributed by atoms with Crippen molar-refractivity contribution in [2.45, 2.75) is 37.6 Å². The normalized spacial score (nSPS) is 18.6. The van der Waals surface area contributed by atoms with Crippen molar-refractivity contribution >= 4 is 21.6 Å². The van der Waals surface area contributed by atoms with E-state index in [1.807, 2.05) is 36.1 Å². The number of nitrogens with zero attached hydrogens (tertiary/aromatic N) is 5. The molecule has 0 bridgehead atoms. The summed E-state index contributed by atoms with van der Waals surface area (Å²) in [6.45, 7) is 4.59. The standard InChI is InChI=1S/C26H31N5O4S/c1-18-6-4-7-20(14-18)25-27-24(35-28-25)17-30-12-5-8-21(16-30)26(32)31-13-11-19-15-22(9-10-23(19)31)36(33,34)29(2)3/h4,6-7,9-10,14-15,21H,5,8,11-13,16-17H2,1-3H3. The summed E-state index contributed by atoms with van der Waals surface area (Å²) < 4.78 is 31.7. The van der Waals surface area contributed by atoms with Crippen LogP contribution in [0.1, 0.15) is 29.9 Å². The molecule has 190 valence electrons. The van der Waals surface area contributed by atoms with E-state index in [-0.39, 0.29) is 16.7 Å². The van der Waals surface area contributed by atoms with Gasteiger partial charge in [-0.25, -0.2) is 12.7 Å². The lowest BCUT2D eigenvalue weighted by molar-refractivity contribution is -0.124. The van der Waals surface area contributed by atoms with Crippen molar-refractivity contribution in [3.8, 4) is 11.4 Å². The van der Waals surface area contributed by atoms with Crippen molar-refractivity contribution in [3.05, 3.63) is 59.5 Å². The average molecular weight is 510 g/mol. The number of piperidine rings is 1. The molecular weight excluding hydrogens is 478 g/mol. The van der Waals surface area contributed by atoms with Gasteiger partial charge in [-0.05, 0) is 62.6 Å². The Morgan fingerprint density at radius 1 is 1.17 bits per heavy atom. The zero-order valence-corrected chi connectivity index (χ0v) is 21.7. The van der Waals surface area contributed by atoms with Crippen LogP contribution in [-0.2, 0) is 27.8 Å². The number of fused-ring (bicyclic) bond motifs is 1. The average Bonchev–Trinajstić information content (AvgIpc) is 3.50. The first-order valence-corrected chi connectivity index (χ1v) is 13.6. The molecule has 36 heavy (non-hydrogen) atoms. The van der Waals surface area contributed by atoms with Crippen LogP contribution >= 0.6 is 0 Å². The predicted octanol–water partition coefficient (Wildman–Crippen LogP) is 3.10. The van der Waals surface area contributed by atoms with Gasteiger partial charge in [0.25, 0.3) is 0 Å². The molecule has 1 unspecified atom stereocenters. The van der Waals surface area contributed by atoms with Crippen LogP contribution in [0.2, 0.25) is 0 Å². The lowest BCUT2D eigenvalue weighted by Gasteiger charge is -2.33. The zero-order valence-electron chi connectivity index (χ0n) is 20.8. The summed E-state index contributed by atoms with van der Waals surface area (Å²) in [4.78, 5) is 22.3. The number of hydrogen-bond donors (Lipinski definition) is 0. The van der Waals surface area contributed by atoms with E-state index in [4.69, 9.17) is 4.52 Å². The van der Waals surface area contributed by atoms with Gasteiger partial charge in [-0.3, -0.25) is 9.69 Å². The van der Waals surface area contributed by atoms with Gasteiger partial charge < -0.3 is 9.42 Å². The molecule has 1 amide bonds. The number of anilines is 1. The molecule has 3 heterocycles. The Labute approximate surface area is 211 Å². The number of likely N-dealkylation sites (tertiary alicyclic amines) is 1. The second-order valence-corrected chi connectivity index (χ2v) is 11.9. The maximum absolute atomic E-state index is 13.5. The summed E-state index contributed by atoms with van der Waals surface area (Å²) in [5.74, 6) is 1.07. The molecule has 3 aromatic rings. The highest BCUT2D eigenvalue weighted by atomic mass is 32.2. The van der Waals surface area contributed by atoms with Gasteiger partial charge in [0.2, 0.25) is 27.6 Å². The first kappa shape index (κ1) is 24.6. The summed E-state index contributed by atoms with van der Waals surface area (Å²) in [7, 11) is -0.471. The van der Waals surface area contributed by atoms with Gasteiger partial charge in [-0.15, -0.1) is 0 Å². The predicted molar refractivity (Wildman–Crippen MR) is 136 cm³/mol. The Bertz CT molecular complexity index is 1380. The third kappa shape index (κ3) is 4.80. The Morgan fingerprint density at radius 3 is 2.78 bits per heavy atom.